The van der Waals surface area contributed by atoms with Gasteiger partial charge in [-0.25, -0.2) is 8.42 Å². The lowest BCUT2D eigenvalue weighted by atomic mass is 9.81. The summed E-state index contributed by atoms with van der Waals surface area (Å²) in [6, 6.07) is 9.30. The second-order valence-corrected chi connectivity index (χ2v) is 7.78. The van der Waals surface area contributed by atoms with Gasteiger partial charge in [0.15, 0.2) is 9.84 Å². The zero-order valence-corrected chi connectivity index (χ0v) is 12.1. The van der Waals surface area contributed by atoms with Crippen LogP contribution in [0.5, 0.6) is 0 Å². The minimum Gasteiger partial charge on any atom is -0.481 e. The van der Waals surface area contributed by atoms with Crippen molar-refractivity contribution < 1.29 is 18.3 Å². The lowest BCUT2D eigenvalue weighted by molar-refractivity contribution is -0.147. The van der Waals surface area contributed by atoms with Gasteiger partial charge < -0.3 is 5.11 Å². The quantitative estimate of drug-likeness (QED) is 0.932. The topological polar surface area (TPSA) is 84.3 Å². The second-order valence-electron chi connectivity index (χ2n) is 5.60. The van der Waals surface area contributed by atoms with Crippen LogP contribution in [0.25, 0.3) is 10.9 Å². The molecule has 0 radical (unpaired) electrons. The molecule has 2 aromatic rings. The minimum absolute atomic E-state index is 0.0580. The van der Waals surface area contributed by atoms with E-state index in [4.69, 9.17) is 0 Å². The molecule has 0 bridgehead atoms. The number of hydrogen-bond donors (Lipinski definition) is 1. The van der Waals surface area contributed by atoms with Crippen LogP contribution in [-0.4, -0.2) is 36.0 Å². The normalized spacial score (nSPS) is 24.2. The van der Waals surface area contributed by atoms with Crippen molar-refractivity contribution in [3.05, 3.63) is 42.1 Å². The molecule has 0 aliphatic carbocycles. The van der Waals surface area contributed by atoms with Gasteiger partial charge >= 0.3 is 5.97 Å². The number of pyridine rings is 1. The Bertz CT molecular complexity index is 810. The van der Waals surface area contributed by atoms with Crippen LogP contribution in [0.15, 0.2) is 36.5 Å². The molecule has 1 aliphatic heterocycles. The number of sulfone groups is 1. The van der Waals surface area contributed by atoms with Crippen LogP contribution >= 0.6 is 0 Å². The molecule has 21 heavy (non-hydrogen) atoms. The molecule has 1 aromatic carbocycles. The fourth-order valence-electron chi connectivity index (χ4n) is 2.97. The fraction of sp³-hybridized carbons (Fsp3) is 0.333. The molecule has 2 heterocycles. The fourth-order valence-corrected chi connectivity index (χ4v) is 5.03. The number of aliphatic carboxylic acids is 1. The summed E-state index contributed by atoms with van der Waals surface area (Å²) in [4.78, 5) is 16.0. The smallest absolute Gasteiger partial charge is 0.311 e. The summed E-state index contributed by atoms with van der Waals surface area (Å²) in [7, 11) is -3.27. The lowest BCUT2D eigenvalue weighted by Gasteiger charge is -2.22. The summed E-state index contributed by atoms with van der Waals surface area (Å²) in [6.45, 7) is 0. The van der Waals surface area contributed by atoms with Crippen LogP contribution in [0.2, 0.25) is 0 Å². The number of para-hydroxylation sites is 1. The zero-order valence-electron chi connectivity index (χ0n) is 11.3. The number of carboxylic acid groups (broad SMARTS) is 1. The maximum Gasteiger partial charge on any atom is 0.311 e. The highest BCUT2D eigenvalue weighted by Crippen LogP contribution is 2.37. The van der Waals surface area contributed by atoms with Crippen LogP contribution < -0.4 is 0 Å². The first-order valence-electron chi connectivity index (χ1n) is 6.68. The summed E-state index contributed by atoms with van der Waals surface area (Å²) in [5.41, 5.74) is 0.294. The van der Waals surface area contributed by atoms with Crippen LogP contribution in [0.4, 0.5) is 0 Å². The largest absolute Gasteiger partial charge is 0.481 e. The maximum atomic E-state index is 11.7. The lowest BCUT2D eigenvalue weighted by Crippen LogP contribution is -2.34. The number of rotatable bonds is 3. The van der Waals surface area contributed by atoms with Gasteiger partial charge in [0.05, 0.1) is 22.4 Å². The van der Waals surface area contributed by atoms with Crippen LogP contribution in [0.3, 0.4) is 0 Å². The predicted octanol–water partition coefficient (Wildman–Crippen LogP) is 1.67. The number of carbonyl (C=O) groups is 1. The van der Waals surface area contributed by atoms with E-state index in [1.54, 1.807) is 6.20 Å². The minimum atomic E-state index is -3.27. The van der Waals surface area contributed by atoms with Crippen molar-refractivity contribution in [2.75, 3.05) is 11.5 Å². The van der Waals surface area contributed by atoms with Gasteiger partial charge in [0.25, 0.3) is 0 Å². The molecule has 6 heteroatoms. The van der Waals surface area contributed by atoms with E-state index in [9.17, 15) is 18.3 Å². The van der Waals surface area contributed by atoms with E-state index in [-0.39, 0.29) is 24.3 Å². The molecule has 110 valence electrons. The zero-order chi connectivity index (χ0) is 15.1. The molecular weight excluding hydrogens is 290 g/mol. The van der Waals surface area contributed by atoms with Gasteiger partial charge in [0, 0.05) is 11.6 Å². The molecule has 0 amide bonds. The van der Waals surface area contributed by atoms with Gasteiger partial charge in [-0.15, -0.1) is 0 Å². The molecule has 3 rings (SSSR count). The van der Waals surface area contributed by atoms with Crippen LogP contribution in [-0.2, 0) is 21.1 Å². The van der Waals surface area contributed by atoms with Gasteiger partial charge in [-0.05, 0) is 24.5 Å². The molecule has 1 atom stereocenters. The predicted molar refractivity (Wildman–Crippen MR) is 78.8 cm³/mol. The molecular formula is C15H15NO4S. The van der Waals surface area contributed by atoms with Crippen molar-refractivity contribution in [1.82, 2.24) is 4.98 Å². The molecule has 1 N–H and O–H groups in total. The molecule has 5 nitrogen and oxygen atoms in total. The Balaban J connectivity index is 2.06. The molecule has 0 spiro atoms. The van der Waals surface area contributed by atoms with Crippen LogP contribution in [0, 0.1) is 5.41 Å². The Morgan fingerprint density at radius 2 is 2.05 bits per heavy atom. The van der Waals surface area contributed by atoms with Crippen molar-refractivity contribution in [2.24, 2.45) is 5.41 Å². The van der Waals surface area contributed by atoms with Crippen molar-refractivity contribution in [3.8, 4) is 0 Å². The molecule has 1 fully saturated rings. The van der Waals surface area contributed by atoms with E-state index in [0.29, 0.717) is 0 Å². The molecule has 1 aromatic heterocycles. The Labute approximate surface area is 122 Å². The average Bonchev–Trinajstić information content (AvgIpc) is 2.76. The first-order valence-corrected chi connectivity index (χ1v) is 8.51. The highest BCUT2D eigenvalue weighted by Gasteiger charge is 2.48. The molecule has 1 unspecified atom stereocenters. The van der Waals surface area contributed by atoms with E-state index in [2.05, 4.69) is 4.98 Å². The van der Waals surface area contributed by atoms with Crippen molar-refractivity contribution in [2.45, 2.75) is 12.8 Å². The SMILES string of the molecule is O=C(O)C1(Cc2cccc3cccnc23)CCS(=O)(=O)C1. The standard InChI is InChI=1S/C15H15NO4S/c17-14(18)15(6-8-21(19,20)10-15)9-12-4-1-3-11-5-2-7-16-13(11)12/h1-5,7H,6,8-10H2,(H,17,18). The third-order valence-corrected chi connectivity index (χ3v) is 5.91. The molecule has 1 saturated heterocycles. The highest BCUT2D eigenvalue weighted by atomic mass is 32.2. The number of hydrogen-bond acceptors (Lipinski definition) is 4. The Kier molecular flexibility index (Phi) is 3.20. The average molecular weight is 305 g/mol. The Morgan fingerprint density at radius 1 is 1.29 bits per heavy atom. The first-order chi connectivity index (χ1) is 9.92. The third-order valence-electron chi connectivity index (χ3n) is 4.09. The number of nitrogens with zero attached hydrogens (tertiary/aromatic N) is 1. The van der Waals surface area contributed by atoms with Gasteiger partial charge in [-0.3, -0.25) is 9.78 Å². The summed E-state index contributed by atoms with van der Waals surface area (Å²) < 4.78 is 23.5. The number of fused-ring (bicyclic) bond motifs is 1. The Morgan fingerprint density at radius 3 is 2.71 bits per heavy atom. The van der Waals surface area contributed by atoms with E-state index < -0.39 is 21.2 Å². The second kappa shape index (κ2) is 4.80. The third kappa shape index (κ3) is 2.51. The number of carboxylic acids is 1. The van der Waals surface area contributed by atoms with E-state index in [1.165, 1.54) is 0 Å². The van der Waals surface area contributed by atoms with Gasteiger partial charge in [0.1, 0.15) is 0 Å². The van der Waals surface area contributed by atoms with E-state index in [0.717, 1.165) is 16.5 Å². The summed E-state index contributed by atoms with van der Waals surface area (Å²) in [6.07, 6.45) is 2.01. The van der Waals surface area contributed by atoms with Gasteiger partial charge in [-0.1, -0.05) is 24.3 Å². The van der Waals surface area contributed by atoms with E-state index in [1.807, 2.05) is 30.3 Å². The molecule has 1 aliphatic rings. The van der Waals surface area contributed by atoms with E-state index >= 15 is 0 Å². The molecule has 0 saturated carbocycles. The first kappa shape index (κ1) is 14.0. The van der Waals surface area contributed by atoms with Gasteiger partial charge in [-0.2, -0.15) is 0 Å². The summed E-state index contributed by atoms with van der Waals surface area (Å²) in [5.74, 6) is -1.40. The number of benzene rings is 1. The monoisotopic (exact) mass is 305 g/mol. The Hall–Kier alpha value is -1.95. The van der Waals surface area contributed by atoms with Crippen molar-refractivity contribution >= 4 is 26.7 Å². The summed E-state index contributed by atoms with van der Waals surface area (Å²) in [5, 5.41) is 10.5. The summed E-state index contributed by atoms with van der Waals surface area (Å²) >= 11 is 0. The van der Waals surface area contributed by atoms with Crippen LogP contribution in [0.1, 0.15) is 12.0 Å². The van der Waals surface area contributed by atoms with Crippen molar-refractivity contribution in [1.29, 1.82) is 0 Å². The number of aromatic nitrogens is 1. The van der Waals surface area contributed by atoms with Crippen molar-refractivity contribution in [3.63, 3.8) is 0 Å². The maximum absolute atomic E-state index is 11.7. The highest BCUT2D eigenvalue weighted by molar-refractivity contribution is 7.91. The van der Waals surface area contributed by atoms with Gasteiger partial charge in [0.2, 0.25) is 0 Å².